The molecule has 6 nitrogen and oxygen atoms in total. The molecule has 3 rings (SSSR count). The second kappa shape index (κ2) is 6.63. The Balaban J connectivity index is 1.60. The highest BCUT2D eigenvalue weighted by Crippen LogP contribution is 2.28. The standard InChI is InChI=1S/C18H23N3O3/c1-3-16(22)20-6-8-21(9-7-20)18(24)11-13-4-5-15-14(10-13)12-17(23)19(15)2/h4-5,10H,3,6-9,11-12H2,1-2H3. The fourth-order valence-electron chi connectivity index (χ4n) is 3.35. The Labute approximate surface area is 142 Å². The van der Waals surface area contributed by atoms with Crippen LogP contribution in [0.3, 0.4) is 0 Å². The molecule has 0 radical (unpaired) electrons. The summed E-state index contributed by atoms with van der Waals surface area (Å²) >= 11 is 0. The van der Waals surface area contributed by atoms with E-state index in [1.54, 1.807) is 11.9 Å². The molecule has 0 aromatic heterocycles. The van der Waals surface area contributed by atoms with Crippen molar-refractivity contribution >= 4 is 23.4 Å². The fraction of sp³-hybridized carbons (Fsp3) is 0.500. The minimum atomic E-state index is 0.0798. The van der Waals surface area contributed by atoms with Crippen molar-refractivity contribution in [3.05, 3.63) is 29.3 Å². The summed E-state index contributed by atoms with van der Waals surface area (Å²) < 4.78 is 0. The summed E-state index contributed by atoms with van der Waals surface area (Å²) in [7, 11) is 1.77. The van der Waals surface area contributed by atoms with Gasteiger partial charge in [0.1, 0.15) is 0 Å². The quantitative estimate of drug-likeness (QED) is 0.825. The van der Waals surface area contributed by atoms with Gasteiger partial charge in [-0.15, -0.1) is 0 Å². The molecule has 1 saturated heterocycles. The molecule has 24 heavy (non-hydrogen) atoms. The van der Waals surface area contributed by atoms with E-state index < -0.39 is 0 Å². The van der Waals surface area contributed by atoms with Gasteiger partial charge in [0, 0.05) is 45.3 Å². The number of carbonyl (C=O) groups is 3. The van der Waals surface area contributed by atoms with E-state index >= 15 is 0 Å². The minimum absolute atomic E-state index is 0.0798. The number of benzene rings is 1. The Morgan fingerprint density at radius 3 is 2.29 bits per heavy atom. The maximum Gasteiger partial charge on any atom is 0.231 e. The first kappa shape index (κ1) is 16.5. The van der Waals surface area contributed by atoms with Crippen molar-refractivity contribution in [3.63, 3.8) is 0 Å². The number of carbonyl (C=O) groups excluding carboxylic acids is 3. The average molecular weight is 329 g/mol. The molecule has 0 aliphatic carbocycles. The molecule has 0 atom stereocenters. The molecule has 2 aliphatic rings. The van der Waals surface area contributed by atoms with E-state index in [9.17, 15) is 14.4 Å². The van der Waals surface area contributed by atoms with Gasteiger partial charge in [-0.1, -0.05) is 19.1 Å². The minimum Gasteiger partial charge on any atom is -0.339 e. The van der Waals surface area contributed by atoms with Crippen LogP contribution in [0.15, 0.2) is 18.2 Å². The lowest BCUT2D eigenvalue weighted by Gasteiger charge is -2.34. The lowest BCUT2D eigenvalue weighted by molar-refractivity contribution is -0.139. The third-order valence-electron chi connectivity index (χ3n) is 4.86. The summed E-state index contributed by atoms with van der Waals surface area (Å²) in [4.78, 5) is 41.2. The molecule has 1 fully saturated rings. The van der Waals surface area contributed by atoms with Crippen molar-refractivity contribution in [3.8, 4) is 0 Å². The fourth-order valence-corrected chi connectivity index (χ4v) is 3.35. The Morgan fingerprint density at radius 2 is 1.67 bits per heavy atom. The predicted molar refractivity (Wildman–Crippen MR) is 90.7 cm³/mol. The third-order valence-corrected chi connectivity index (χ3v) is 4.86. The normalized spacial score (nSPS) is 17.2. The molecule has 2 aliphatic heterocycles. The van der Waals surface area contributed by atoms with E-state index in [0.29, 0.717) is 45.4 Å². The van der Waals surface area contributed by atoms with E-state index in [1.807, 2.05) is 34.9 Å². The number of amides is 3. The van der Waals surface area contributed by atoms with Crippen LogP contribution in [0, 0.1) is 0 Å². The number of anilines is 1. The number of nitrogens with zero attached hydrogens (tertiary/aromatic N) is 3. The second-order valence-electron chi connectivity index (χ2n) is 6.38. The van der Waals surface area contributed by atoms with Crippen molar-refractivity contribution in [2.24, 2.45) is 0 Å². The summed E-state index contributed by atoms with van der Waals surface area (Å²) in [6, 6.07) is 5.80. The summed E-state index contributed by atoms with van der Waals surface area (Å²) in [5, 5.41) is 0. The SMILES string of the molecule is CCC(=O)N1CCN(C(=O)Cc2ccc3c(c2)CC(=O)N3C)CC1. The van der Waals surface area contributed by atoms with Gasteiger partial charge in [-0.05, 0) is 17.2 Å². The molecule has 0 saturated carbocycles. The van der Waals surface area contributed by atoms with Gasteiger partial charge in [-0.3, -0.25) is 14.4 Å². The van der Waals surface area contributed by atoms with Gasteiger partial charge in [0.05, 0.1) is 12.8 Å². The molecule has 3 amide bonds. The first-order chi connectivity index (χ1) is 11.5. The maximum atomic E-state index is 12.5. The van der Waals surface area contributed by atoms with Gasteiger partial charge in [-0.2, -0.15) is 0 Å². The van der Waals surface area contributed by atoms with Gasteiger partial charge in [0.25, 0.3) is 0 Å². The summed E-state index contributed by atoms with van der Waals surface area (Å²) in [6.45, 7) is 4.27. The topological polar surface area (TPSA) is 60.9 Å². The monoisotopic (exact) mass is 329 g/mol. The van der Waals surface area contributed by atoms with Crippen molar-refractivity contribution in [1.29, 1.82) is 0 Å². The largest absolute Gasteiger partial charge is 0.339 e. The Kier molecular flexibility index (Phi) is 4.55. The third kappa shape index (κ3) is 3.13. The first-order valence-corrected chi connectivity index (χ1v) is 8.43. The molecule has 6 heteroatoms. The van der Waals surface area contributed by atoms with E-state index in [2.05, 4.69) is 0 Å². The van der Waals surface area contributed by atoms with Crippen LogP contribution in [0.1, 0.15) is 24.5 Å². The predicted octanol–water partition coefficient (Wildman–Crippen LogP) is 0.829. The zero-order valence-corrected chi connectivity index (χ0v) is 14.2. The number of hydrogen-bond donors (Lipinski definition) is 0. The molecule has 0 unspecified atom stereocenters. The molecule has 128 valence electrons. The van der Waals surface area contributed by atoms with Crippen LogP contribution >= 0.6 is 0 Å². The van der Waals surface area contributed by atoms with Gasteiger partial charge >= 0.3 is 0 Å². The van der Waals surface area contributed by atoms with Crippen molar-refractivity contribution < 1.29 is 14.4 Å². The molecular weight excluding hydrogens is 306 g/mol. The molecule has 0 N–H and O–H groups in total. The zero-order valence-electron chi connectivity index (χ0n) is 14.2. The Hall–Kier alpha value is -2.37. The highest BCUT2D eigenvalue weighted by molar-refractivity contribution is 6.01. The molecule has 0 bridgehead atoms. The highest BCUT2D eigenvalue weighted by atomic mass is 16.2. The van der Waals surface area contributed by atoms with E-state index in [0.717, 1.165) is 16.8 Å². The van der Waals surface area contributed by atoms with E-state index in [1.165, 1.54) is 0 Å². The molecule has 1 aromatic rings. The van der Waals surface area contributed by atoms with Crippen LogP contribution in [0.25, 0.3) is 0 Å². The Bertz CT molecular complexity index is 678. The maximum absolute atomic E-state index is 12.5. The van der Waals surface area contributed by atoms with Crippen molar-refractivity contribution in [2.75, 3.05) is 38.1 Å². The first-order valence-electron chi connectivity index (χ1n) is 8.43. The summed E-state index contributed by atoms with van der Waals surface area (Å²) in [6.07, 6.45) is 1.26. The molecule has 0 spiro atoms. The lowest BCUT2D eigenvalue weighted by atomic mass is 10.1. The van der Waals surface area contributed by atoms with E-state index in [-0.39, 0.29) is 17.7 Å². The van der Waals surface area contributed by atoms with Crippen LogP contribution in [0.5, 0.6) is 0 Å². The number of fused-ring (bicyclic) bond motifs is 1. The van der Waals surface area contributed by atoms with Gasteiger partial charge in [0.15, 0.2) is 0 Å². The van der Waals surface area contributed by atoms with Crippen LogP contribution < -0.4 is 4.90 Å². The van der Waals surface area contributed by atoms with Gasteiger partial charge in [0.2, 0.25) is 17.7 Å². The second-order valence-corrected chi connectivity index (χ2v) is 6.38. The summed E-state index contributed by atoms with van der Waals surface area (Å²) in [5.41, 5.74) is 2.86. The smallest absolute Gasteiger partial charge is 0.231 e. The van der Waals surface area contributed by atoms with E-state index in [4.69, 9.17) is 0 Å². The Morgan fingerprint density at radius 1 is 1.04 bits per heavy atom. The van der Waals surface area contributed by atoms with Crippen LogP contribution in [-0.4, -0.2) is 60.7 Å². The number of likely N-dealkylation sites (N-methyl/N-ethyl adjacent to an activating group) is 1. The van der Waals surface area contributed by atoms with Gasteiger partial charge in [-0.25, -0.2) is 0 Å². The summed E-state index contributed by atoms with van der Waals surface area (Å²) in [5.74, 6) is 0.316. The van der Waals surface area contributed by atoms with Gasteiger partial charge < -0.3 is 14.7 Å². The number of piperazine rings is 1. The van der Waals surface area contributed by atoms with Crippen LogP contribution in [0.4, 0.5) is 5.69 Å². The lowest BCUT2D eigenvalue weighted by Crippen LogP contribution is -2.50. The van der Waals surface area contributed by atoms with Crippen LogP contribution in [-0.2, 0) is 27.2 Å². The van der Waals surface area contributed by atoms with Crippen molar-refractivity contribution in [1.82, 2.24) is 9.80 Å². The van der Waals surface area contributed by atoms with Crippen molar-refractivity contribution in [2.45, 2.75) is 26.2 Å². The average Bonchev–Trinajstić information content (AvgIpc) is 2.88. The highest BCUT2D eigenvalue weighted by Gasteiger charge is 2.26. The number of hydrogen-bond acceptors (Lipinski definition) is 3. The molecule has 1 aromatic carbocycles. The number of rotatable bonds is 3. The molecular formula is C18H23N3O3. The zero-order chi connectivity index (χ0) is 17.3. The van der Waals surface area contributed by atoms with Crippen LogP contribution in [0.2, 0.25) is 0 Å². The molecule has 2 heterocycles.